The Bertz CT molecular complexity index is 278. The van der Waals surface area contributed by atoms with Gasteiger partial charge in [-0.3, -0.25) is 0 Å². The van der Waals surface area contributed by atoms with E-state index in [-0.39, 0.29) is 21.8 Å². The van der Waals surface area contributed by atoms with Crippen LogP contribution in [0.1, 0.15) is 10.7 Å². The van der Waals surface area contributed by atoms with Gasteiger partial charge in [0.25, 0.3) is 0 Å². The highest BCUT2D eigenvalue weighted by Crippen LogP contribution is 2.29. The third-order valence-corrected chi connectivity index (χ3v) is 2.18. The number of nitrogens with two attached hydrogens (primary N) is 1. The average molecular weight is 247 g/mol. The predicted octanol–water partition coefficient (Wildman–Crippen LogP) is 2.84. The van der Waals surface area contributed by atoms with E-state index < -0.39 is 4.84 Å². The Balaban J connectivity index is 3.21. The van der Waals surface area contributed by atoms with Crippen LogP contribution in [0.4, 0.5) is 5.82 Å². The molecule has 0 aliphatic rings. The first-order chi connectivity index (χ1) is 5.52. The molecule has 0 bridgehead atoms. The summed E-state index contributed by atoms with van der Waals surface area (Å²) in [5.41, 5.74) is 5.37. The van der Waals surface area contributed by atoms with Gasteiger partial charge in [-0.15, -0.1) is 0 Å². The molecule has 1 aromatic rings. The van der Waals surface area contributed by atoms with E-state index in [1.54, 1.807) is 0 Å². The molecule has 0 radical (unpaired) electrons. The smallest absolute Gasteiger partial charge is 0.167 e. The quantitative estimate of drug-likeness (QED) is 0.613. The predicted molar refractivity (Wildman–Crippen MR) is 50.9 cm³/mol. The Kier molecular flexibility index (Phi) is 3.23. The molecule has 66 valence electrons. The van der Waals surface area contributed by atoms with Crippen molar-refractivity contribution in [3.8, 4) is 0 Å². The molecule has 1 aromatic heterocycles. The highest BCUT2D eigenvalue weighted by molar-refractivity contribution is 6.44. The van der Waals surface area contributed by atoms with E-state index >= 15 is 0 Å². The zero-order valence-corrected chi connectivity index (χ0v) is 8.58. The minimum atomic E-state index is -0.859. The van der Waals surface area contributed by atoms with Crippen molar-refractivity contribution in [3.05, 3.63) is 16.0 Å². The summed E-state index contributed by atoms with van der Waals surface area (Å²) < 4.78 is 0. The van der Waals surface area contributed by atoms with Gasteiger partial charge in [0.2, 0.25) is 0 Å². The Labute approximate surface area is 88.8 Å². The number of rotatable bonds is 1. The number of hydrogen-bond donors (Lipinski definition) is 1. The van der Waals surface area contributed by atoms with E-state index in [4.69, 9.17) is 52.1 Å². The lowest BCUT2D eigenvalue weighted by Gasteiger charge is -2.03. The largest absolute Gasteiger partial charge is 0.382 e. The second-order valence-corrected chi connectivity index (χ2v) is 3.70. The summed E-state index contributed by atoms with van der Waals surface area (Å²) in [7, 11) is 0. The minimum absolute atomic E-state index is 0.0467. The molecule has 0 saturated carbocycles. The third-order valence-electron chi connectivity index (χ3n) is 1.05. The molecule has 7 heteroatoms. The number of aromatic nitrogens is 2. The first-order valence-corrected chi connectivity index (χ1v) is 4.41. The molecule has 0 aliphatic heterocycles. The lowest BCUT2D eigenvalue weighted by molar-refractivity contribution is 1.02. The zero-order chi connectivity index (χ0) is 9.30. The molecule has 0 unspecified atom stereocenters. The Morgan fingerprint density at radius 3 is 2.17 bits per heavy atom. The van der Waals surface area contributed by atoms with E-state index in [0.717, 1.165) is 0 Å². The van der Waals surface area contributed by atoms with Gasteiger partial charge in [0, 0.05) is 0 Å². The van der Waals surface area contributed by atoms with Crippen LogP contribution in [0.3, 0.4) is 0 Å². The fraction of sp³-hybridized carbons (Fsp3) is 0.200. The van der Waals surface area contributed by atoms with Crippen LogP contribution in [0, 0.1) is 0 Å². The highest BCUT2D eigenvalue weighted by atomic mass is 35.5. The van der Waals surface area contributed by atoms with Crippen LogP contribution in [0.5, 0.6) is 0 Å². The van der Waals surface area contributed by atoms with Crippen molar-refractivity contribution in [1.29, 1.82) is 0 Å². The summed E-state index contributed by atoms with van der Waals surface area (Å²) in [5.74, 6) is 0.211. The lowest BCUT2D eigenvalue weighted by Crippen LogP contribution is -2.00. The van der Waals surface area contributed by atoms with Gasteiger partial charge in [-0.25, -0.2) is 9.97 Å². The van der Waals surface area contributed by atoms with Gasteiger partial charge in [-0.2, -0.15) is 0 Å². The number of nitrogen functional groups attached to an aromatic ring is 1. The minimum Gasteiger partial charge on any atom is -0.382 e. The van der Waals surface area contributed by atoms with Gasteiger partial charge in [0.1, 0.15) is 10.8 Å². The molecule has 0 aliphatic carbocycles. The monoisotopic (exact) mass is 245 g/mol. The molecular weight excluding hydrogens is 244 g/mol. The Morgan fingerprint density at radius 1 is 1.17 bits per heavy atom. The first-order valence-electron chi connectivity index (χ1n) is 2.79. The summed E-state index contributed by atoms with van der Waals surface area (Å²) in [6.45, 7) is 0. The van der Waals surface area contributed by atoms with Gasteiger partial charge >= 0.3 is 0 Å². The van der Waals surface area contributed by atoms with E-state index in [1.165, 1.54) is 0 Å². The molecule has 0 saturated heterocycles. The maximum Gasteiger partial charge on any atom is 0.167 e. The molecular formula is C5H3Cl4N3. The fourth-order valence-corrected chi connectivity index (χ4v) is 1.01. The van der Waals surface area contributed by atoms with Crippen LogP contribution in [0.2, 0.25) is 10.2 Å². The lowest BCUT2D eigenvalue weighted by atomic mass is 10.5. The summed E-state index contributed by atoms with van der Waals surface area (Å²) >= 11 is 22.1. The van der Waals surface area contributed by atoms with E-state index in [0.29, 0.717) is 0 Å². The van der Waals surface area contributed by atoms with E-state index in [1.807, 2.05) is 0 Å². The number of anilines is 1. The van der Waals surface area contributed by atoms with Crippen LogP contribution < -0.4 is 5.73 Å². The number of halogens is 4. The number of alkyl halides is 2. The van der Waals surface area contributed by atoms with Crippen molar-refractivity contribution >= 4 is 52.2 Å². The van der Waals surface area contributed by atoms with Crippen LogP contribution in [-0.2, 0) is 0 Å². The maximum atomic E-state index is 5.59. The molecule has 0 aromatic carbocycles. The number of nitrogens with zero attached hydrogens (tertiary/aromatic N) is 2. The van der Waals surface area contributed by atoms with Crippen LogP contribution in [0.25, 0.3) is 0 Å². The third kappa shape index (κ3) is 2.04. The summed E-state index contributed by atoms with van der Waals surface area (Å²) in [4.78, 5) is 6.57. The van der Waals surface area contributed by atoms with Gasteiger partial charge in [-0.1, -0.05) is 46.4 Å². The van der Waals surface area contributed by atoms with E-state index in [2.05, 4.69) is 9.97 Å². The van der Waals surface area contributed by atoms with Crippen molar-refractivity contribution in [2.45, 2.75) is 4.84 Å². The van der Waals surface area contributed by atoms with Crippen LogP contribution >= 0.6 is 46.4 Å². The van der Waals surface area contributed by atoms with Gasteiger partial charge in [-0.05, 0) is 0 Å². The van der Waals surface area contributed by atoms with Crippen molar-refractivity contribution < 1.29 is 0 Å². The fourth-order valence-electron chi connectivity index (χ4n) is 0.550. The molecule has 3 nitrogen and oxygen atoms in total. The average Bonchev–Trinajstić information content (AvgIpc) is 1.99. The van der Waals surface area contributed by atoms with Crippen LogP contribution in [0.15, 0.2) is 0 Å². The van der Waals surface area contributed by atoms with Crippen molar-refractivity contribution in [2.24, 2.45) is 0 Å². The van der Waals surface area contributed by atoms with Crippen LogP contribution in [-0.4, -0.2) is 9.97 Å². The number of hydrogen-bond acceptors (Lipinski definition) is 3. The standard InChI is InChI=1S/C5H3Cl4N3/c6-1-3(9)11-5(2(7)8)12-4(1)10/h2H,(H2,10,11,12). The normalized spacial score (nSPS) is 10.8. The summed E-state index contributed by atoms with van der Waals surface area (Å²) in [5, 5.41) is 0.153. The maximum absolute atomic E-state index is 5.59. The van der Waals surface area contributed by atoms with Gasteiger partial charge in [0.15, 0.2) is 15.8 Å². The Morgan fingerprint density at radius 2 is 1.75 bits per heavy atom. The summed E-state index contributed by atoms with van der Waals surface area (Å²) in [6.07, 6.45) is 0. The summed E-state index contributed by atoms with van der Waals surface area (Å²) in [6, 6.07) is 0. The molecule has 0 amide bonds. The molecule has 12 heavy (non-hydrogen) atoms. The zero-order valence-electron chi connectivity index (χ0n) is 5.56. The molecule has 0 spiro atoms. The topological polar surface area (TPSA) is 51.8 Å². The first kappa shape index (κ1) is 10.1. The van der Waals surface area contributed by atoms with E-state index in [9.17, 15) is 0 Å². The molecule has 0 atom stereocenters. The molecule has 1 heterocycles. The SMILES string of the molecule is Nc1nc(C(Cl)Cl)nc(Cl)c1Cl. The van der Waals surface area contributed by atoms with Gasteiger partial charge in [0.05, 0.1) is 0 Å². The highest BCUT2D eigenvalue weighted by Gasteiger charge is 2.12. The van der Waals surface area contributed by atoms with Crippen molar-refractivity contribution in [1.82, 2.24) is 9.97 Å². The second kappa shape index (κ2) is 3.83. The Hall–Kier alpha value is 0.0400. The van der Waals surface area contributed by atoms with Crippen molar-refractivity contribution in [2.75, 3.05) is 5.73 Å². The second-order valence-electron chi connectivity index (χ2n) is 1.87. The van der Waals surface area contributed by atoms with Crippen molar-refractivity contribution in [3.63, 3.8) is 0 Å². The molecule has 1 rings (SSSR count). The molecule has 2 N–H and O–H groups in total. The van der Waals surface area contributed by atoms with Gasteiger partial charge < -0.3 is 5.73 Å². The molecule has 0 fully saturated rings.